The zero-order valence-electron chi connectivity index (χ0n) is 19.5. The molecule has 5 fully saturated rings. The predicted octanol–water partition coefficient (Wildman–Crippen LogP) is 6.46. The second kappa shape index (κ2) is 7.51. The van der Waals surface area contributed by atoms with E-state index in [9.17, 15) is 5.11 Å². The molecular weight excluding hydrogens is 356 g/mol. The van der Waals surface area contributed by atoms with Gasteiger partial charge in [-0.3, -0.25) is 0 Å². The van der Waals surface area contributed by atoms with Gasteiger partial charge in [0.05, 0.1) is 12.2 Å². The lowest BCUT2D eigenvalue weighted by Gasteiger charge is -2.61. The minimum atomic E-state index is 0.320. The molecule has 0 bridgehead atoms. The summed E-state index contributed by atoms with van der Waals surface area (Å²) in [5, 5.41) is 9.35. The zero-order chi connectivity index (χ0) is 20.4. The number of ether oxygens (including phenoxy) is 1. The lowest BCUT2D eigenvalue weighted by atomic mass is 9.44. The smallest absolute Gasteiger partial charge is 0.0616 e. The largest absolute Gasteiger partial charge is 0.396 e. The van der Waals surface area contributed by atoms with Gasteiger partial charge in [0.2, 0.25) is 0 Å². The van der Waals surface area contributed by atoms with Crippen molar-refractivity contribution in [2.75, 3.05) is 6.61 Å². The summed E-state index contributed by atoms with van der Waals surface area (Å²) >= 11 is 0. The number of fused-ring (bicyclic) bond motifs is 7. The van der Waals surface area contributed by atoms with E-state index in [2.05, 4.69) is 27.7 Å². The van der Waals surface area contributed by atoms with Crippen molar-refractivity contribution in [3.05, 3.63) is 0 Å². The molecule has 29 heavy (non-hydrogen) atoms. The Labute approximate surface area is 179 Å². The molecule has 5 aliphatic rings. The van der Waals surface area contributed by atoms with Gasteiger partial charge in [0.15, 0.2) is 0 Å². The number of aliphatic hydroxyl groups excluding tert-OH is 1. The number of aliphatic hydroxyl groups is 1. The fraction of sp³-hybridized carbons (Fsp3) is 1.00. The summed E-state index contributed by atoms with van der Waals surface area (Å²) in [7, 11) is 0. The molecule has 0 radical (unpaired) electrons. The van der Waals surface area contributed by atoms with Crippen LogP contribution in [-0.2, 0) is 4.74 Å². The third-order valence-electron chi connectivity index (χ3n) is 11.3. The van der Waals surface area contributed by atoms with Gasteiger partial charge in [-0.1, -0.05) is 34.1 Å². The first-order chi connectivity index (χ1) is 13.8. The van der Waals surface area contributed by atoms with Crippen LogP contribution in [0.1, 0.15) is 98.3 Å². The summed E-state index contributed by atoms with van der Waals surface area (Å²) in [6.07, 6.45) is 16.4. The van der Waals surface area contributed by atoms with Crippen LogP contribution < -0.4 is 0 Å². The van der Waals surface area contributed by atoms with Crippen molar-refractivity contribution < 1.29 is 9.84 Å². The topological polar surface area (TPSA) is 29.5 Å². The molecular formula is C27H46O2. The maximum Gasteiger partial charge on any atom is 0.0616 e. The molecule has 1 N–H and O–H groups in total. The average molecular weight is 403 g/mol. The molecule has 0 aromatic rings. The molecule has 4 unspecified atom stereocenters. The first kappa shape index (κ1) is 20.8. The van der Waals surface area contributed by atoms with Crippen molar-refractivity contribution in [2.24, 2.45) is 52.3 Å². The second-order valence-corrected chi connectivity index (χ2v) is 12.8. The number of hydrogen-bond acceptors (Lipinski definition) is 2. The summed E-state index contributed by atoms with van der Waals surface area (Å²) in [6, 6.07) is 0. The Balaban J connectivity index is 1.29. The van der Waals surface area contributed by atoms with E-state index in [1.54, 1.807) is 0 Å². The van der Waals surface area contributed by atoms with Crippen LogP contribution >= 0.6 is 0 Å². The Morgan fingerprint density at radius 2 is 1.72 bits per heavy atom. The molecule has 4 aliphatic carbocycles. The van der Waals surface area contributed by atoms with Gasteiger partial charge in [-0.25, -0.2) is 0 Å². The van der Waals surface area contributed by atoms with Gasteiger partial charge >= 0.3 is 0 Å². The van der Waals surface area contributed by atoms with E-state index in [0.717, 1.165) is 48.3 Å². The van der Waals surface area contributed by atoms with E-state index in [0.29, 0.717) is 35.6 Å². The van der Waals surface area contributed by atoms with Crippen molar-refractivity contribution >= 4 is 0 Å². The van der Waals surface area contributed by atoms with Crippen LogP contribution in [0, 0.1) is 52.3 Å². The molecule has 4 saturated carbocycles. The fourth-order valence-electron chi connectivity index (χ4n) is 9.47. The summed E-state index contributed by atoms with van der Waals surface area (Å²) < 4.78 is 6.68. The highest BCUT2D eigenvalue weighted by atomic mass is 16.5. The molecule has 0 aromatic heterocycles. The van der Waals surface area contributed by atoms with Gasteiger partial charge in [-0.2, -0.15) is 0 Å². The Kier molecular flexibility index (Phi) is 5.38. The quantitative estimate of drug-likeness (QED) is 0.585. The molecule has 0 amide bonds. The average Bonchev–Trinajstić information content (AvgIpc) is 3.23. The van der Waals surface area contributed by atoms with Crippen LogP contribution in [0.25, 0.3) is 0 Å². The standard InChI is InChI=1S/C27H46O2/c1-17-9-11-26(3)19(13-17)6-8-21-22(26)10-12-27(4)23(21)15-25-24(27)14-20(29-25)7-5-18(2)16-28/h17-25,28H,5-16H2,1-4H3/t17?,18-,19+,20+,21+,22?,23?,24-,25?,26-,27-/m0/s1. The number of rotatable bonds is 4. The van der Waals surface area contributed by atoms with E-state index in [4.69, 9.17) is 4.74 Å². The van der Waals surface area contributed by atoms with Crippen molar-refractivity contribution in [1.82, 2.24) is 0 Å². The maximum absolute atomic E-state index is 9.35. The van der Waals surface area contributed by atoms with Crippen molar-refractivity contribution in [1.29, 1.82) is 0 Å². The van der Waals surface area contributed by atoms with E-state index in [1.165, 1.54) is 57.8 Å². The minimum absolute atomic E-state index is 0.320. The fourth-order valence-corrected chi connectivity index (χ4v) is 9.47. The van der Waals surface area contributed by atoms with Crippen LogP contribution in [0.2, 0.25) is 0 Å². The third kappa shape index (κ3) is 3.25. The highest BCUT2D eigenvalue weighted by molar-refractivity contribution is 5.12. The van der Waals surface area contributed by atoms with Crippen LogP contribution in [-0.4, -0.2) is 23.9 Å². The molecule has 5 rings (SSSR count). The summed E-state index contributed by atoms with van der Waals surface area (Å²) in [6.45, 7) is 10.3. The van der Waals surface area contributed by atoms with Crippen LogP contribution in [0.5, 0.6) is 0 Å². The van der Waals surface area contributed by atoms with E-state index in [1.807, 2.05) is 0 Å². The maximum atomic E-state index is 9.35. The monoisotopic (exact) mass is 402 g/mol. The zero-order valence-corrected chi connectivity index (χ0v) is 19.5. The first-order valence-corrected chi connectivity index (χ1v) is 13.1. The van der Waals surface area contributed by atoms with Crippen LogP contribution in [0.4, 0.5) is 0 Å². The summed E-state index contributed by atoms with van der Waals surface area (Å²) in [5.74, 6) is 6.09. The van der Waals surface area contributed by atoms with Gasteiger partial charge in [0.25, 0.3) is 0 Å². The molecule has 2 heteroatoms. The highest BCUT2D eigenvalue weighted by Gasteiger charge is 2.63. The van der Waals surface area contributed by atoms with E-state index >= 15 is 0 Å². The van der Waals surface area contributed by atoms with Crippen LogP contribution in [0.15, 0.2) is 0 Å². The Morgan fingerprint density at radius 3 is 2.52 bits per heavy atom. The van der Waals surface area contributed by atoms with Gasteiger partial charge in [0, 0.05) is 6.61 Å². The van der Waals surface area contributed by atoms with Gasteiger partial charge in [-0.15, -0.1) is 0 Å². The lowest BCUT2D eigenvalue weighted by molar-refractivity contribution is -0.117. The molecule has 166 valence electrons. The Bertz CT molecular complexity index is 603. The molecule has 1 saturated heterocycles. The van der Waals surface area contributed by atoms with Crippen molar-refractivity contribution in [2.45, 2.75) is 111 Å². The normalized spacial score (nSPS) is 54.9. The highest BCUT2D eigenvalue weighted by Crippen LogP contribution is 2.69. The lowest BCUT2D eigenvalue weighted by Crippen LogP contribution is -2.53. The van der Waals surface area contributed by atoms with Crippen molar-refractivity contribution in [3.63, 3.8) is 0 Å². The SMILES string of the molecule is CC1CC[C@]2(C)C3CC[C@@]4(C)C(CC5O[C@H](CC[C@H](C)CO)C[C@@H]54)[C@@H]3CC[C@@H]2C1. The van der Waals surface area contributed by atoms with Gasteiger partial charge in [0.1, 0.15) is 0 Å². The van der Waals surface area contributed by atoms with Gasteiger partial charge in [-0.05, 0) is 116 Å². The third-order valence-corrected chi connectivity index (χ3v) is 11.3. The van der Waals surface area contributed by atoms with Gasteiger partial charge < -0.3 is 9.84 Å². The summed E-state index contributed by atoms with van der Waals surface area (Å²) in [5.41, 5.74) is 1.17. The van der Waals surface area contributed by atoms with Crippen molar-refractivity contribution in [3.8, 4) is 0 Å². The Morgan fingerprint density at radius 1 is 0.931 bits per heavy atom. The Hall–Kier alpha value is -0.0800. The van der Waals surface area contributed by atoms with Crippen LogP contribution in [0.3, 0.4) is 0 Å². The molecule has 1 aliphatic heterocycles. The number of hydrogen-bond donors (Lipinski definition) is 1. The first-order valence-electron chi connectivity index (χ1n) is 13.1. The minimum Gasteiger partial charge on any atom is -0.396 e. The second-order valence-electron chi connectivity index (χ2n) is 12.8. The van der Waals surface area contributed by atoms with E-state index in [-0.39, 0.29) is 0 Å². The van der Waals surface area contributed by atoms with E-state index < -0.39 is 0 Å². The molecule has 11 atom stereocenters. The molecule has 0 aromatic carbocycles. The molecule has 2 nitrogen and oxygen atoms in total. The predicted molar refractivity (Wildman–Crippen MR) is 119 cm³/mol. The molecule has 0 spiro atoms. The molecule has 1 heterocycles. The summed E-state index contributed by atoms with van der Waals surface area (Å²) in [4.78, 5) is 0.